The highest BCUT2D eigenvalue weighted by molar-refractivity contribution is 5.83. The van der Waals surface area contributed by atoms with E-state index in [1.807, 2.05) is 20.0 Å². The number of aromatic nitrogens is 1. The van der Waals surface area contributed by atoms with Crippen LogP contribution in [0.25, 0.3) is 0 Å². The molecule has 20 heavy (non-hydrogen) atoms. The van der Waals surface area contributed by atoms with Crippen molar-refractivity contribution < 1.29 is 9.32 Å². The lowest BCUT2D eigenvalue weighted by molar-refractivity contribution is -0.132. The Morgan fingerprint density at radius 1 is 1.50 bits per heavy atom. The molecule has 0 bridgehead atoms. The van der Waals surface area contributed by atoms with E-state index in [9.17, 15) is 4.79 Å². The van der Waals surface area contributed by atoms with E-state index in [1.165, 1.54) is 5.57 Å². The van der Waals surface area contributed by atoms with Gasteiger partial charge in [-0.2, -0.15) is 0 Å². The molecule has 2 rings (SSSR count). The first-order chi connectivity index (χ1) is 9.23. The monoisotopic (exact) mass is 276 g/mol. The molecule has 0 aliphatic heterocycles. The third-order valence-corrected chi connectivity index (χ3v) is 4.14. The lowest BCUT2D eigenvalue weighted by Crippen LogP contribution is -2.29. The fourth-order valence-corrected chi connectivity index (χ4v) is 2.87. The first-order valence-electron chi connectivity index (χ1n) is 7.05. The summed E-state index contributed by atoms with van der Waals surface area (Å²) in [4.78, 5) is 14.3. The number of hydrogen-bond acceptors (Lipinski definition) is 3. The topological polar surface area (TPSA) is 46.3 Å². The van der Waals surface area contributed by atoms with E-state index in [-0.39, 0.29) is 17.2 Å². The van der Waals surface area contributed by atoms with Gasteiger partial charge in [-0.25, -0.2) is 0 Å². The lowest BCUT2D eigenvalue weighted by Gasteiger charge is -2.16. The quantitative estimate of drug-likeness (QED) is 0.793. The van der Waals surface area contributed by atoms with Crippen LogP contribution in [0.15, 0.2) is 22.2 Å². The maximum absolute atomic E-state index is 12.6. The van der Waals surface area contributed by atoms with Crippen molar-refractivity contribution >= 4 is 5.91 Å². The van der Waals surface area contributed by atoms with E-state index in [1.54, 1.807) is 4.90 Å². The van der Waals surface area contributed by atoms with Gasteiger partial charge in [-0.15, -0.1) is 0 Å². The highest BCUT2D eigenvalue weighted by Gasteiger charge is 2.60. The van der Waals surface area contributed by atoms with Crippen molar-refractivity contribution in [1.29, 1.82) is 0 Å². The summed E-state index contributed by atoms with van der Waals surface area (Å²) in [5.74, 6) is 1.39. The molecule has 1 amide bonds. The van der Waals surface area contributed by atoms with Crippen LogP contribution >= 0.6 is 0 Å². The molecule has 1 heterocycles. The second kappa shape index (κ2) is 5.08. The molecule has 0 spiro atoms. The molecule has 0 N–H and O–H groups in total. The summed E-state index contributed by atoms with van der Waals surface area (Å²) in [6.45, 7) is 10.8. The van der Waals surface area contributed by atoms with Crippen LogP contribution in [0, 0.1) is 24.2 Å². The number of hydrogen-bond donors (Lipinski definition) is 0. The molecule has 1 aliphatic rings. The zero-order valence-corrected chi connectivity index (χ0v) is 13.2. The Kier molecular flexibility index (Phi) is 3.76. The van der Waals surface area contributed by atoms with Gasteiger partial charge in [-0.3, -0.25) is 4.79 Å². The first-order valence-corrected chi connectivity index (χ1v) is 7.05. The Balaban J connectivity index is 2.03. The number of aryl methyl sites for hydroxylation is 1. The number of nitrogens with zero attached hydrogens (tertiary/aromatic N) is 2. The normalized spacial score (nSPS) is 23.3. The molecule has 0 unspecified atom stereocenters. The van der Waals surface area contributed by atoms with Crippen LogP contribution in [0.3, 0.4) is 0 Å². The van der Waals surface area contributed by atoms with Crippen LogP contribution in [0.5, 0.6) is 0 Å². The van der Waals surface area contributed by atoms with Gasteiger partial charge < -0.3 is 9.42 Å². The van der Waals surface area contributed by atoms with Crippen LogP contribution in [-0.4, -0.2) is 23.0 Å². The molecule has 4 nitrogen and oxygen atoms in total. The minimum Gasteiger partial charge on any atom is -0.361 e. The number of carbonyl (C=O) groups excluding carboxylic acids is 1. The van der Waals surface area contributed by atoms with Crippen molar-refractivity contribution in [1.82, 2.24) is 10.1 Å². The Labute approximate surface area is 120 Å². The Morgan fingerprint density at radius 3 is 2.65 bits per heavy atom. The summed E-state index contributed by atoms with van der Waals surface area (Å²) in [5.41, 5.74) is 2.13. The summed E-state index contributed by atoms with van der Waals surface area (Å²) >= 11 is 0. The molecule has 110 valence electrons. The molecule has 0 radical (unpaired) electrons. The number of amides is 1. The van der Waals surface area contributed by atoms with Gasteiger partial charge in [0.2, 0.25) is 5.91 Å². The van der Waals surface area contributed by atoms with Crippen LogP contribution in [-0.2, 0) is 11.3 Å². The molecule has 0 saturated heterocycles. The van der Waals surface area contributed by atoms with E-state index >= 15 is 0 Å². The fraction of sp³-hybridized carbons (Fsp3) is 0.625. The summed E-state index contributed by atoms with van der Waals surface area (Å²) in [7, 11) is 1.83. The summed E-state index contributed by atoms with van der Waals surface area (Å²) in [5, 5.41) is 3.94. The predicted molar refractivity (Wildman–Crippen MR) is 77.9 cm³/mol. The highest BCUT2D eigenvalue weighted by Crippen LogP contribution is 2.60. The van der Waals surface area contributed by atoms with Crippen molar-refractivity contribution in [3.63, 3.8) is 0 Å². The van der Waals surface area contributed by atoms with Gasteiger partial charge in [0.15, 0.2) is 0 Å². The van der Waals surface area contributed by atoms with Gasteiger partial charge in [0.25, 0.3) is 0 Å². The predicted octanol–water partition coefficient (Wildman–Crippen LogP) is 3.18. The second-order valence-corrected chi connectivity index (χ2v) is 6.69. The van der Waals surface area contributed by atoms with Gasteiger partial charge >= 0.3 is 0 Å². The number of rotatable bonds is 4. The van der Waals surface area contributed by atoms with Gasteiger partial charge in [-0.1, -0.05) is 30.7 Å². The maximum Gasteiger partial charge on any atom is 0.226 e. The molecule has 0 aromatic carbocycles. The average molecular weight is 276 g/mol. The molecule has 1 aromatic heterocycles. The van der Waals surface area contributed by atoms with Crippen molar-refractivity contribution in [3.05, 3.63) is 29.2 Å². The van der Waals surface area contributed by atoms with E-state index in [4.69, 9.17) is 4.52 Å². The van der Waals surface area contributed by atoms with Crippen LogP contribution in [0.2, 0.25) is 0 Å². The molecule has 4 heteroatoms. The second-order valence-electron chi connectivity index (χ2n) is 6.69. The van der Waals surface area contributed by atoms with E-state index in [0.717, 1.165) is 11.5 Å². The lowest BCUT2D eigenvalue weighted by atomic mass is 10.1. The average Bonchev–Trinajstić information content (AvgIpc) is 2.68. The van der Waals surface area contributed by atoms with Crippen LogP contribution in [0.1, 0.15) is 39.1 Å². The van der Waals surface area contributed by atoms with Gasteiger partial charge in [0.1, 0.15) is 11.5 Å². The molecule has 1 aromatic rings. The van der Waals surface area contributed by atoms with Crippen LogP contribution < -0.4 is 0 Å². The van der Waals surface area contributed by atoms with Gasteiger partial charge in [0, 0.05) is 13.1 Å². The smallest absolute Gasteiger partial charge is 0.226 e. The third kappa shape index (κ3) is 2.79. The standard InChI is InChI=1S/C16H24N2O2/c1-10(2)7-13-14(16(13,4)5)15(19)18(6)9-12-8-11(3)20-17-12/h7-8,13-14H,9H2,1-6H3/t13-,14-/m1/s1. The molecule has 1 fully saturated rings. The fourth-order valence-electron chi connectivity index (χ4n) is 2.87. The minimum absolute atomic E-state index is 0.0579. The summed E-state index contributed by atoms with van der Waals surface area (Å²) in [6, 6.07) is 1.87. The van der Waals surface area contributed by atoms with Crippen molar-refractivity contribution in [2.24, 2.45) is 17.3 Å². The summed E-state index contributed by atoms with van der Waals surface area (Å²) in [6.07, 6.45) is 2.22. The van der Waals surface area contributed by atoms with Crippen molar-refractivity contribution in [2.45, 2.75) is 41.2 Å². The Hall–Kier alpha value is -1.58. The zero-order valence-electron chi connectivity index (χ0n) is 13.2. The molecule has 2 atom stereocenters. The van der Waals surface area contributed by atoms with Gasteiger partial charge in [-0.05, 0) is 32.1 Å². The van der Waals surface area contributed by atoms with E-state index < -0.39 is 0 Å². The van der Waals surface area contributed by atoms with E-state index in [2.05, 4.69) is 38.9 Å². The summed E-state index contributed by atoms with van der Waals surface area (Å²) < 4.78 is 5.04. The van der Waals surface area contributed by atoms with Crippen molar-refractivity contribution in [3.8, 4) is 0 Å². The Morgan fingerprint density at radius 2 is 2.15 bits per heavy atom. The highest BCUT2D eigenvalue weighted by atomic mass is 16.5. The van der Waals surface area contributed by atoms with E-state index in [0.29, 0.717) is 12.5 Å². The van der Waals surface area contributed by atoms with Crippen LogP contribution in [0.4, 0.5) is 0 Å². The Bertz CT molecular complexity index is 538. The largest absolute Gasteiger partial charge is 0.361 e. The first kappa shape index (κ1) is 14.8. The number of allylic oxidation sites excluding steroid dienone is 2. The zero-order chi connectivity index (χ0) is 15.1. The SMILES string of the molecule is CC(C)=C[C@@H]1[C@H](C(=O)N(C)Cc2cc(C)on2)C1(C)C. The molecular formula is C16H24N2O2. The maximum atomic E-state index is 12.6. The third-order valence-electron chi connectivity index (χ3n) is 4.14. The molecular weight excluding hydrogens is 252 g/mol. The molecule has 1 saturated carbocycles. The number of carbonyl (C=O) groups is 1. The van der Waals surface area contributed by atoms with Gasteiger partial charge in [0.05, 0.1) is 12.5 Å². The minimum atomic E-state index is 0.0579. The molecule has 1 aliphatic carbocycles. The van der Waals surface area contributed by atoms with Crippen molar-refractivity contribution in [2.75, 3.05) is 7.05 Å².